The van der Waals surface area contributed by atoms with Crippen LogP contribution in [0, 0.1) is 24.0 Å². The van der Waals surface area contributed by atoms with Gasteiger partial charge in [0.25, 0.3) is 0 Å². The molecule has 1 aromatic heterocycles. The molecule has 2 heterocycles. The Labute approximate surface area is 205 Å². The van der Waals surface area contributed by atoms with E-state index in [1.54, 1.807) is 13.0 Å². The number of benzene rings is 2. The van der Waals surface area contributed by atoms with E-state index in [1.807, 2.05) is 25.1 Å². The topological polar surface area (TPSA) is 74.5 Å². The summed E-state index contributed by atoms with van der Waals surface area (Å²) in [6.07, 6.45) is 0. The third kappa shape index (κ3) is 5.73. The molecule has 0 saturated carbocycles. The molecule has 8 heteroatoms. The lowest BCUT2D eigenvalue weighted by Crippen LogP contribution is -2.48. The third-order valence-electron chi connectivity index (χ3n) is 6.29. The Bertz CT molecular complexity index is 1120. The highest BCUT2D eigenvalue weighted by Gasteiger charge is 2.26. The van der Waals surface area contributed by atoms with Gasteiger partial charge in [-0.15, -0.1) is 0 Å². The lowest BCUT2D eigenvalue weighted by molar-refractivity contribution is -0.384. The summed E-state index contributed by atoms with van der Waals surface area (Å²) in [6.45, 7) is 8.76. The predicted molar refractivity (Wildman–Crippen MR) is 137 cm³/mol. The first-order valence-electron chi connectivity index (χ1n) is 11.6. The highest BCUT2D eigenvalue weighted by Crippen LogP contribution is 2.31. The van der Waals surface area contributed by atoms with Crippen LogP contribution in [0.15, 0.2) is 60.7 Å². The van der Waals surface area contributed by atoms with Crippen LogP contribution in [0.2, 0.25) is 5.02 Å². The number of anilines is 1. The van der Waals surface area contributed by atoms with Gasteiger partial charge in [0.15, 0.2) is 0 Å². The maximum atomic E-state index is 11.5. The van der Waals surface area contributed by atoms with E-state index in [9.17, 15) is 10.1 Å². The molecule has 0 spiro atoms. The summed E-state index contributed by atoms with van der Waals surface area (Å²) in [5, 5.41) is 15.5. The van der Waals surface area contributed by atoms with Gasteiger partial charge >= 0.3 is 5.69 Å². The minimum Gasteiger partial charge on any atom is -0.378 e. The number of hydrogen-bond acceptors (Lipinski definition) is 6. The number of aryl methyl sites for hydroxylation is 2. The molecule has 0 bridgehead atoms. The second-order valence-electron chi connectivity index (χ2n) is 8.67. The van der Waals surface area contributed by atoms with Gasteiger partial charge in [-0.05, 0) is 43.2 Å². The maximum absolute atomic E-state index is 11.5. The molecule has 1 saturated heterocycles. The molecule has 0 amide bonds. The average Bonchev–Trinajstić information content (AvgIpc) is 2.81. The van der Waals surface area contributed by atoms with Gasteiger partial charge in [0, 0.05) is 50.0 Å². The van der Waals surface area contributed by atoms with Crippen LogP contribution in [0.25, 0.3) is 0 Å². The quantitative estimate of drug-likeness (QED) is 0.359. The standard InChI is InChI=1S/C26H30ClN5O2/c1-19-18-24(25(32(33)34)20(2)29-19)28-12-13-30-14-16-31(17-15-30)26(21-6-4-3-5-7-21)22-8-10-23(27)11-9-22/h3-11,18,26H,12-17H2,1-2H3,(H,28,29). The first-order valence-corrected chi connectivity index (χ1v) is 11.9. The number of aromatic nitrogens is 1. The van der Waals surface area contributed by atoms with Gasteiger partial charge in [0.05, 0.1) is 11.0 Å². The Morgan fingerprint density at radius 1 is 1.03 bits per heavy atom. The van der Waals surface area contributed by atoms with Crippen molar-refractivity contribution in [1.29, 1.82) is 0 Å². The zero-order chi connectivity index (χ0) is 24.1. The normalized spacial score (nSPS) is 15.7. The van der Waals surface area contributed by atoms with E-state index in [2.05, 4.69) is 56.5 Å². The lowest BCUT2D eigenvalue weighted by Gasteiger charge is -2.40. The molecule has 1 unspecified atom stereocenters. The number of nitrogens with one attached hydrogen (secondary N) is 1. The first-order chi connectivity index (χ1) is 16.4. The number of rotatable bonds is 8. The van der Waals surface area contributed by atoms with E-state index in [1.165, 1.54) is 11.1 Å². The molecule has 1 fully saturated rings. The summed E-state index contributed by atoms with van der Waals surface area (Å²) in [5.74, 6) is 0. The van der Waals surface area contributed by atoms with Crippen LogP contribution in [0.4, 0.5) is 11.4 Å². The molecular formula is C26H30ClN5O2. The van der Waals surface area contributed by atoms with Gasteiger partial charge < -0.3 is 5.32 Å². The van der Waals surface area contributed by atoms with Crippen LogP contribution in [-0.4, -0.2) is 59.0 Å². The third-order valence-corrected chi connectivity index (χ3v) is 6.55. The monoisotopic (exact) mass is 479 g/mol. The smallest absolute Gasteiger partial charge is 0.313 e. The molecule has 1 aliphatic rings. The van der Waals surface area contributed by atoms with Gasteiger partial charge in [-0.2, -0.15) is 0 Å². The van der Waals surface area contributed by atoms with Crippen molar-refractivity contribution in [2.45, 2.75) is 19.9 Å². The van der Waals surface area contributed by atoms with E-state index in [0.29, 0.717) is 17.9 Å². The first kappa shape index (κ1) is 24.1. The van der Waals surface area contributed by atoms with Gasteiger partial charge in [0.2, 0.25) is 0 Å². The predicted octanol–water partition coefficient (Wildman–Crippen LogP) is 5.08. The summed E-state index contributed by atoms with van der Waals surface area (Å²) in [6, 6.07) is 20.6. The Kier molecular flexibility index (Phi) is 7.77. The lowest BCUT2D eigenvalue weighted by atomic mass is 9.96. The number of pyridine rings is 1. The number of nitro groups is 1. The van der Waals surface area contributed by atoms with Crippen LogP contribution < -0.4 is 5.32 Å². The van der Waals surface area contributed by atoms with Crippen molar-refractivity contribution in [1.82, 2.24) is 14.8 Å². The molecule has 1 N–H and O–H groups in total. The van der Waals surface area contributed by atoms with Crippen LogP contribution in [0.5, 0.6) is 0 Å². The van der Waals surface area contributed by atoms with Crippen molar-refractivity contribution in [2.75, 3.05) is 44.6 Å². The molecule has 34 heavy (non-hydrogen) atoms. The van der Waals surface area contributed by atoms with Crippen molar-refractivity contribution >= 4 is 23.0 Å². The maximum Gasteiger partial charge on any atom is 0.313 e. The van der Waals surface area contributed by atoms with Gasteiger partial charge in [-0.25, -0.2) is 0 Å². The van der Waals surface area contributed by atoms with Crippen molar-refractivity contribution in [2.24, 2.45) is 0 Å². The van der Waals surface area contributed by atoms with Crippen molar-refractivity contribution in [3.8, 4) is 0 Å². The summed E-state index contributed by atoms with van der Waals surface area (Å²) in [7, 11) is 0. The van der Waals surface area contributed by atoms with Gasteiger partial charge in [-0.1, -0.05) is 54.1 Å². The minimum absolute atomic E-state index is 0.0593. The van der Waals surface area contributed by atoms with Crippen molar-refractivity contribution in [3.63, 3.8) is 0 Å². The summed E-state index contributed by atoms with van der Waals surface area (Å²) < 4.78 is 0. The molecule has 2 aromatic carbocycles. The van der Waals surface area contributed by atoms with E-state index in [-0.39, 0.29) is 16.7 Å². The Hall–Kier alpha value is -3.00. The zero-order valence-electron chi connectivity index (χ0n) is 19.6. The highest BCUT2D eigenvalue weighted by molar-refractivity contribution is 6.30. The molecule has 1 atom stereocenters. The fourth-order valence-corrected chi connectivity index (χ4v) is 4.80. The number of nitrogens with zero attached hydrogens (tertiary/aromatic N) is 4. The Balaban J connectivity index is 1.38. The molecule has 4 rings (SSSR count). The second kappa shape index (κ2) is 11.0. The van der Waals surface area contributed by atoms with Crippen LogP contribution in [0.1, 0.15) is 28.6 Å². The van der Waals surface area contributed by atoms with Gasteiger partial charge in [-0.3, -0.25) is 24.9 Å². The number of hydrogen-bond donors (Lipinski definition) is 1. The van der Waals surface area contributed by atoms with E-state index < -0.39 is 0 Å². The summed E-state index contributed by atoms with van der Waals surface area (Å²) >= 11 is 6.14. The molecular weight excluding hydrogens is 450 g/mol. The van der Waals surface area contributed by atoms with E-state index in [4.69, 9.17) is 11.6 Å². The number of halogens is 1. The average molecular weight is 480 g/mol. The van der Waals surface area contributed by atoms with Crippen molar-refractivity contribution < 1.29 is 4.92 Å². The summed E-state index contributed by atoms with van der Waals surface area (Å²) in [5.41, 5.74) is 4.32. The summed E-state index contributed by atoms with van der Waals surface area (Å²) in [4.78, 5) is 20.3. The largest absolute Gasteiger partial charge is 0.378 e. The SMILES string of the molecule is Cc1cc(NCCN2CCN(C(c3ccccc3)c3ccc(Cl)cc3)CC2)c([N+](=O)[O-])c(C)n1. The zero-order valence-corrected chi connectivity index (χ0v) is 20.3. The second-order valence-corrected chi connectivity index (χ2v) is 9.11. The van der Waals surface area contributed by atoms with E-state index in [0.717, 1.165) is 43.4 Å². The molecule has 1 aliphatic heterocycles. The molecule has 178 valence electrons. The highest BCUT2D eigenvalue weighted by atomic mass is 35.5. The fourth-order valence-electron chi connectivity index (χ4n) is 4.68. The van der Waals surface area contributed by atoms with Crippen LogP contribution >= 0.6 is 11.6 Å². The van der Waals surface area contributed by atoms with Gasteiger partial charge in [0.1, 0.15) is 11.4 Å². The molecule has 7 nitrogen and oxygen atoms in total. The molecule has 0 aliphatic carbocycles. The molecule has 0 radical (unpaired) electrons. The Morgan fingerprint density at radius 2 is 1.68 bits per heavy atom. The van der Waals surface area contributed by atoms with Crippen LogP contribution in [0.3, 0.4) is 0 Å². The van der Waals surface area contributed by atoms with Crippen molar-refractivity contribution in [3.05, 3.63) is 98.3 Å². The van der Waals surface area contributed by atoms with E-state index >= 15 is 0 Å². The fraction of sp³-hybridized carbons (Fsp3) is 0.346. The molecule has 3 aromatic rings. The number of piperazine rings is 1. The van der Waals surface area contributed by atoms with Crippen LogP contribution in [-0.2, 0) is 0 Å². The Morgan fingerprint density at radius 3 is 2.32 bits per heavy atom. The minimum atomic E-state index is -0.358.